The van der Waals surface area contributed by atoms with E-state index in [0.717, 1.165) is 29.3 Å². The molecule has 1 heterocycles. The average Bonchev–Trinajstić information content (AvgIpc) is 3.07. The molecule has 4 saturated carbocycles. The minimum atomic E-state index is -0.505. The molecule has 0 unspecified atom stereocenters. The summed E-state index contributed by atoms with van der Waals surface area (Å²) in [5.74, 6) is 1.84. The zero-order valence-electron chi connectivity index (χ0n) is 15.5. The normalized spacial score (nSPS) is 33.1. The first kappa shape index (κ1) is 17.9. The van der Waals surface area contributed by atoms with Crippen molar-refractivity contribution in [3.05, 3.63) is 10.6 Å². The lowest BCUT2D eigenvalue weighted by Crippen LogP contribution is -2.56. The highest BCUT2D eigenvalue weighted by Gasteiger charge is 2.53. The van der Waals surface area contributed by atoms with Crippen LogP contribution in [0.5, 0.6) is 0 Å². The van der Waals surface area contributed by atoms with Gasteiger partial charge in [0.1, 0.15) is 0 Å². The van der Waals surface area contributed by atoms with E-state index < -0.39 is 5.97 Å². The van der Waals surface area contributed by atoms with Crippen LogP contribution in [0, 0.1) is 23.2 Å². The Balaban J connectivity index is 1.31. The van der Waals surface area contributed by atoms with E-state index >= 15 is 0 Å². The fourth-order valence-electron chi connectivity index (χ4n) is 5.94. The van der Waals surface area contributed by atoms with Crippen molar-refractivity contribution < 1.29 is 14.3 Å². The van der Waals surface area contributed by atoms with E-state index in [1.165, 1.54) is 38.5 Å². The topological polar surface area (TPSA) is 81.2 Å². The lowest BCUT2D eigenvalue weighted by molar-refractivity contribution is -0.128. The molecular formula is C19H27N3O3S. The number of rotatable bonds is 6. The largest absolute Gasteiger partial charge is 0.451 e. The molecule has 1 N–H and O–H groups in total. The van der Waals surface area contributed by atoms with E-state index in [2.05, 4.69) is 21.8 Å². The van der Waals surface area contributed by atoms with Gasteiger partial charge in [-0.1, -0.05) is 11.4 Å². The highest BCUT2D eigenvalue weighted by molar-refractivity contribution is 7.07. The second kappa shape index (κ2) is 6.91. The minimum absolute atomic E-state index is 0.137. The Labute approximate surface area is 158 Å². The molecule has 26 heavy (non-hydrogen) atoms. The van der Waals surface area contributed by atoms with Crippen molar-refractivity contribution in [2.24, 2.45) is 23.2 Å². The molecule has 1 amide bonds. The molecule has 142 valence electrons. The molecule has 5 rings (SSSR count). The number of nitrogens with one attached hydrogen (secondary N) is 1. The fraction of sp³-hybridized carbons (Fsp3) is 0.789. The molecule has 6 nitrogen and oxygen atoms in total. The molecule has 0 aliphatic heterocycles. The van der Waals surface area contributed by atoms with Crippen LogP contribution in [0.4, 0.5) is 0 Å². The van der Waals surface area contributed by atoms with E-state index in [-0.39, 0.29) is 24.0 Å². The van der Waals surface area contributed by atoms with E-state index in [1.807, 2.05) is 6.92 Å². The third-order valence-corrected chi connectivity index (χ3v) is 7.54. The molecule has 7 heteroatoms. The summed E-state index contributed by atoms with van der Waals surface area (Å²) in [6.07, 6.45) is 8.52. The monoisotopic (exact) mass is 377 g/mol. The number of hydrogen-bond acceptors (Lipinski definition) is 6. The maximum atomic E-state index is 12.4. The molecular weight excluding hydrogens is 350 g/mol. The Morgan fingerprint density at radius 1 is 1.23 bits per heavy atom. The second-order valence-corrected chi connectivity index (χ2v) is 9.30. The summed E-state index contributed by atoms with van der Waals surface area (Å²) in [6, 6.07) is 0.137. The molecule has 4 bridgehead atoms. The van der Waals surface area contributed by atoms with Crippen molar-refractivity contribution in [1.82, 2.24) is 14.9 Å². The highest BCUT2D eigenvalue weighted by atomic mass is 32.1. The predicted molar refractivity (Wildman–Crippen MR) is 97.8 cm³/mol. The number of aromatic nitrogens is 2. The zero-order chi connectivity index (χ0) is 18.3. The van der Waals surface area contributed by atoms with Crippen LogP contribution in [0.15, 0.2) is 0 Å². The van der Waals surface area contributed by atoms with Crippen LogP contribution in [0.3, 0.4) is 0 Å². The maximum Gasteiger partial charge on any atom is 0.352 e. The van der Waals surface area contributed by atoms with Crippen molar-refractivity contribution in [2.45, 2.75) is 64.8 Å². The van der Waals surface area contributed by atoms with Crippen LogP contribution in [-0.4, -0.2) is 34.1 Å². The summed E-state index contributed by atoms with van der Waals surface area (Å²) in [4.78, 5) is 24.9. The summed E-state index contributed by atoms with van der Waals surface area (Å²) < 4.78 is 8.98. The van der Waals surface area contributed by atoms with Crippen LogP contribution < -0.4 is 5.32 Å². The van der Waals surface area contributed by atoms with Gasteiger partial charge in [-0.3, -0.25) is 4.79 Å². The molecule has 4 fully saturated rings. The van der Waals surface area contributed by atoms with Gasteiger partial charge in [-0.15, -0.1) is 5.10 Å². The number of aryl methyl sites for hydroxylation is 1. The highest BCUT2D eigenvalue weighted by Crippen LogP contribution is 2.61. The van der Waals surface area contributed by atoms with Gasteiger partial charge in [0.2, 0.25) is 0 Å². The number of carbonyl (C=O) groups is 2. The Morgan fingerprint density at radius 3 is 2.42 bits per heavy atom. The van der Waals surface area contributed by atoms with Gasteiger partial charge in [0, 0.05) is 6.04 Å². The fourth-order valence-corrected chi connectivity index (χ4v) is 6.58. The van der Waals surface area contributed by atoms with Gasteiger partial charge >= 0.3 is 5.97 Å². The molecule has 0 spiro atoms. The van der Waals surface area contributed by atoms with E-state index in [0.29, 0.717) is 17.0 Å². The van der Waals surface area contributed by atoms with Crippen molar-refractivity contribution in [3.63, 3.8) is 0 Å². The van der Waals surface area contributed by atoms with E-state index in [1.54, 1.807) is 0 Å². The number of carbonyl (C=O) groups excluding carboxylic acids is 2. The van der Waals surface area contributed by atoms with Crippen molar-refractivity contribution in [2.75, 3.05) is 6.61 Å². The van der Waals surface area contributed by atoms with E-state index in [4.69, 9.17) is 4.74 Å². The first-order chi connectivity index (χ1) is 12.5. The van der Waals surface area contributed by atoms with E-state index in [9.17, 15) is 9.59 Å². The number of hydrogen-bond donors (Lipinski definition) is 1. The quantitative estimate of drug-likeness (QED) is 0.771. The van der Waals surface area contributed by atoms with Crippen molar-refractivity contribution in [1.29, 1.82) is 0 Å². The molecule has 0 saturated heterocycles. The lowest BCUT2D eigenvalue weighted by Gasteiger charge is -2.59. The van der Waals surface area contributed by atoms with Crippen LogP contribution in [0.25, 0.3) is 0 Å². The molecule has 4 aliphatic rings. The van der Waals surface area contributed by atoms with Gasteiger partial charge in [0.15, 0.2) is 11.5 Å². The number of nitrogens with zero attached hydrogens (tertiary/aromatic N) is 2. The van der Waals surface area contributed by atoms with Crippen molar-refractivity contribution in [3.8, 4) is 0 Å². The van der Waals surface area contributed by atoms with Crippen LogP contribution in [0.2, 0.25) is 0 Å². The number of esters is 1. The molecule has 1 atom stereocenters. The maximum absolute atomic E-state index is 12.4. The third kappa shape index (κ3) is 3.26. The zero-order valence-corrected chi connectivity index (χ0v) is 16.3. The Hall–Kier alpha value is -1.50. The van der Waals surface area contributed by atoms with Crippen molar-refractivity contribution >= 4 is 23.4 Å². The molecule has 0 aromatic carbocycles. The smallest absolute Gasteiger partial charge is 0.352 e. The molecule has 4 aliphatic carbocycles. The molecule has 1 aromatic heterocycles. The summed E-state index contributed by atoms with van der Waals surface area (Å²) in [7, 11) is 0. The van der Waals surface area contributed by atoms with Gasteiger partial charge in [0.25, 0.3) is 5.91 Å². The van der Waals surface area contributed by atoms with Crippen LogP contribution >= 0.6 is 11.5 Å². The SMILES string of the molecule is CCc1nnsc1C(=O)OCC(=O)N[C@H](C)C12CC3CC(CC(C3)C1)C2. The van der Waals surface area contributed by atoms with Gasteiger partial charge in [-0.05, 0) is 86.6 Å². The Morgan fingerprint density at radius 2 is 1.85 bits per heavy atom. The average molecular weight is 378 g/mol. The summed E-state index contributed by atoms with van der Waals surface area (Å²) >= 11 is 1.02. The summed E-state index contributed by atoms with van der Waals surface area (Å²) in [6.45, 7) is 3.80. The van der Waals surface area contributed by atoms with Gasteiger partial charge in [-0.2, -0.15) is 0 Å². The first-order valence-corrected chi connectivity index (χ1v) is 10.5. The number of amides is 1. The molecule has 1 aromatic rings. The predicted octanol–water partition coefficient (Wildman–Crippen LogP) is 2.98. The Kier molecular flexibility index (Phi) is 4.75. The minimum Gasteiger partial charge on any atom is -0.451 e. The summed E-state index contributed by atoms with van der Waals surface area (Å²) in [5, 5.41) is 7.03. The van der Waals surface area contributed by atoms with Gasteiger partial charge in [-0.25, -0.2) is 4.79 Å². The summed E-state index contributed by atoms with van der Waals surface area (Å²) in [5.41, 5.74) is 0.883. The first-order valence-electron chi connectivity index (χ1n) is 9.77. The lowest BCUT2D eigenvalue weighted by atomic mass is 9.48. The third-order valence-electron chi connectivity index (χ3n) is 6.79. The van der Waals surface area contributed by atoms with Gasteiger partial charge in [0.05, 0.1) is 5.69 Å². The molecule has 0 radical (unpaired) electrons. The van der Waals surface area contributed by atoms with Crippen LogP contribution in [0.1, 0.15) is 67.7 Å². The van der Waals surface area contributed by atoms with Gasteiger partial charge < -0.3 is 10.1 Å². The second-order valence-electron chi connectivity index (χ2n) is 8.55. The Bertz CT molecular complexity index is 667. The number of ether oxygens (including phenoxy) is 1. The van der Waals surface area contributed by atoms with Crippen LogP contribution in [-0.2, 0) is 16.0 Å². The standard InChI is InChI=1S/C19H27N3O3S/c1-3-15-17(26-22-21-15)18(24)25-10-16(23)20-11(2)19-7-12-4-13(8-19)6-14(5-12)9-19/h11-14H,3-10H2,1-2H3,(H,20,23)/t11-,12?,13?,14?,19?/m1/s1.